The van der Waals surface area contributed by atoms with Crippen molar-refractivity contribution in [2.75, 3.05) is 6.61 Å². The van der Waals surface area contributed by atoms with Gasteiger partial charge in [0, 0.05) is 25.1 Å². The van der Waals surface area contributed by atoms with Crippen LogP contribution in [0.2, 0.25) is 0 Å². The quantitative estimate of drug-likeness (QED) is 0.167. The zero-order valence-corrected chi connectivity index (χ0v) is 18.2. The minimum absolute atomic E-state index is 0.330. The average molecular weight is 436 g/mol. The molecule has 6 heteroatoms. The van der Waals surface area contributed by atoms with Gasteiger partial charge in [-0.25, -0.2) is 4.79 Å². The summed E-state index contributed by atoms with van der Waals surface area (Å²) in [6.45, 7) is 3.83. The topological polar surface area (TPSA) is 61.8 Å². The van der Waals surface area contributed by atoms with Crippen LogP contribution >= 0.6 is 0 Å². The maximum atomic E-state index is 12.5. The van der Waals surface area contributed by atoms with E-state index >= 15 is 0 Å². The van der Waals surface area contributed by atoms with Crippen LogP contribution in [-0.2, 0) is 20.4 Å². The summed E-state index contributed by atoms with van der Waals surface area (Å²) in [5, 5.41) is 0. The van der Waals surface area contributed by atoms with Crippen molar-refractivity contribution in [3.05, 3.63) is 72.3 Å². The van der Waals surface area contributed by atoms with E-state index < -0.39 is 10.9 Å². The summed E-state index contributed by atoms with van der Waals surface area (Å²) in [6, 6.07) is 20.9. The van der Waals surface area contributed by atoms with Gasteiger partial charge in [0.05, 0.1) is 12.2 Å². The summed E-state index contributed by atoms with van der Waals surface area (Å²) in [5.41, 5.74) is 0.506. The summed E-state index contributed by atoms with van der Waals surface area (Å²) in [6.07, 6.45) is 1.81. The summed E-state index contributed by atoms with van der Waals surface area (Å²) < 4.78 is 16.8. The Morgan fingerprint density at radius 3 is 2.48 bits per heavy atom. The van der Waals surface area contributed by atoms with Crippen molar-refractivity contribution in [2.24, 2.45) is 0 Å². The number of fused-ring (bicyclic) bond motifs is 2. The lowest BCUT2D eigenvalue weighted by Gasteiger charge is -2.21. The highest BCUT2D eigenvalue weighted by Gasteiger charge is 2.40. The number of esters is 2. The molecule has 31 heavy (non-hydrogen) atoms. The van der Waals surface area contributed by atoms with Crippen molar-refractivity contribution in [1.29, 1.82) is 0 Å². The number of ether oxygens (including phenoxy) is 3. The van der Waals surface area contributed by atoms with Crippen LogP contribution in [0.5, 0.6) is 17.2 Å². The largest absolute Gasteiger partial charge is 0.462 e. The molecule has 0 fully saturated rings. The van der Waals surface area contributed by atoms with Gasteiger partial charge in [0.2, 0.25) is 9.79 Å². The molecule has 0 bridgehead atoms. The zero-order chi connectivity index (χ0) is 21.8. The second-order valence-corrected chi connectivity index (χ2v) is 9.04. The lowest BCUT2D eigenvalue weighted by atomic mass is 10.2. The van der Waals surface area contributed by atoms with Crippen molar-refractivity contribution in [3.8, 4) is 17.2 Å². The molecule has 1 aliphatic heterocycles. The Labute approximate surface area is 184 Å². The van der Waals surface area contributed by atoms with Crippen LogP contribution in [0.25, 0.3) is 0 Å². The standard InChI is InChI=1S/C25H23O5S/c1-3-4-14-28-25(27)18-10-12-21-24(15-18)31(20-8-6-5-7-9-20)23-13-11-19(29-17(2)26)16-22(23)30-21/h5-13,15-16H,3-4,14H2,1-2H3/q+1. The van der Waals surface area contributed by atoms with Gasteiger partial charge in [-0.15, -0.1) is 0 Å². The Morgan fingerprint density at radius 1 is 0.935 bits per heavy atom. The molecule has 4 rings (SSSR count). The highest BCUT2D eigenvalue weighted by atomic mass is 32.2. The zero-order valence-electron chi connectivity index (χ0n) is 17.4. The molecule has 0 aromatic heterocycles. The second-order valence-electron chi connectivity index (χ2n) is 7.07. The van der Waals surface area contributed by atoms with Crippen molar-refractivity contribution in [2.45, 2.75) is 41.4 Å². The van der Waals surface area contributed by atoms with Crippen LogP contribution in [0, 0.1) is 0 Å². The first-order chi connectivity index (χ1) is 15.1. The van der Waals surface area contributed by atoms with Gasteiger partial charge in [-0.2, -0.15) is 0 Å². The fraction of sp³-hybridized carbons (Fsp3) is 0.200. The first-order valence-electron chi connectivity index (χ1n) is 10.2. The monoisotopic (exact) mass is 435 g/mol. The van der Waals surface area contributed by atoms with Gasteiger partial charge in [-0.1, -0.05) is 31.5 Å². The predicted octanol–water partition coefficient (Wildman–Crippen LogP) is 5.77. The predicted molar refractivity (Wildman–Crippen MR) is 118 cm³/mol. The third-order valence-corrected chi connectivity index (χ3v) is 7.01. The van der Waals surface area contributed by atoms with E-state index in [0.717, 1.165) is 27.5 Å². The van der Waals surface area contributed by atoms with E-state index in [1.165, 1.54) is 6.92 Å². The second kappa shape index (κ2) is 9.27. The molecule has 3 aromatic rings. The van der Waals surface area contributed by atoms with Crippen LogP contribution in [0.15, 0.2) is 81.4 Å². The smallest absolute Gasteiger partial charge is 0.338 e. The van der Waals surface area contributed by atoms with Gasteiger partial charge >= 0.3 is 11.9 Å². The molecule has 158 valence electrons. The normalized spacial score (nSPS) is 14.1. The number of rotatable bonds is 6. The van der Waals surface area contributed by atoms with E-state index in [-0.39, 0.29) is 11.9 Å². The summed E-state index contributed by atoms with van der Waals surface area (Å²) >= 11 is 0. The number of hydrogen-bond acceptors (Lipinski definition) is 5. The number of benzene rings is 3. The third-order valence-electron chi connectivity index (χ3n) is 4.73. The lowest BCUT2D eigenvalue weighted by Crippen LogP contribution is -2.15. The maximum Gasteiger partial charge on any atom is 0.338 e. The summed E-state index contributed by atoms with van der Waals surface area (Å²) in [7, 11) is -0.486. The number of carbonyl (C=O) groups excluding carboxylic acids is 2. The Morgan fingerprint density at radius 2 is 1.74 bits per heavy atom. The first-order valence-corrected chi connectivity index (χ1v) is 11.4. The van der Waals surface area contributed by atoms with Gasteiger partial charge in [-0.3, -0.25) is 4.79 Å². The number of hydrogen-bond donors (Lipinski definition) is 0. The van der Waals surface area contributed by atoms with Crippen LogP contribution in [0.3, 0.4) is 0 Å². The fourth-order valence-corrected chi connectivity index (χ4v) is 5.52. The van der Waals surface area contributed by atoms with E-state index in [1.54, 1.807) is 24.3 Å². The van der Waals surface area contributed by atoms with Crippen molar-refractivity contribution < 1.29 is 23.8 Å². The molecule has 0 radical (unpaired) electrons. The molecule has 1 heterocycles. The molecule has 1 aliphatic rings. The van der Waals surface area contributed by atoms with Crippen LogP contribution in [0.1, 0.15) is 37.0 Å². The summed E-state index contributed by atoms with van der Waals surface area (Å²) in [4.78, 5) is 26.9. The van der Waals surface area contributed by atoms with Gasteiger partial charge in [0.1, 0.15) is 16.6 Å². The molecular formula is C25H23O5S+. The molecule has 5 nitrogen and oxygen atoms in total. The van der Waals surface area contributed by atoms with E-state index in [0.29, 0.717) is 29.4 Å². The number of carbonyl (C=O) groups is 2. The molecule has 1 unspecified atom stereocenters. The van der Waals surface area contributed by atoms with Gasteiger partial charge in [0.25, 0.3) is 0 Å². The van der Waals surface area contributed by atoms with E-state index in [9.17, 15) is 9.59 Å². The molecule has 3 aromatic carbocycles. The molecule has 0 spiro atoms. The number of unbranched alkanes of at least 4 members (excludes halogenated alkanes) is 1. The van der Waals surface area contributed by atoms with Gasteiger partial charge in [0.15, 0.2) is 16.4 Å². The van der Waals surface area contributed by atoms with Gasteiger partial charge in [-0.05, 0) is 36.8 Å². The maximum absolute atomic E-state index is 12.5. The molecule has 0 saturated carbocycles. The Hall–Kier alpha value is -3.25. The average Bonchev–Trinajstić information content (AvgIpc) is 2.77. The third kappa shape index (κ3) is 4.59. The van der Waals surface area contributed by atoms with Crippen molar-refractivity contribution in [3.63, 3.8) is 0 Å². The Kier molecular flexibility index (Phi) is 6.28. The highest BCUT2D eigenvalue weighted by Crippen LogP contribution is 2.48. The molecule has 0 aliphatic carbocycles. The Bertz CT molecular complexity index is 1110. The molecular weight excluding hydrogens is 412 g/mol. The van der Waals surface area contributed by atoms with E-state index in [1.807, 2.05) is 30.3 Å². The lowest BCUT2D eigenvalue weighted by molar-refractivity contribution is -0.131. The van der Waals surface area contributed by atoms with Crippen molar-refractivity contribution in [1.82, 2.24) is 0 Å². The molecule has 0 amide bonds. The van der Waals surface area contributed by atoms with Gasteiger partial charge < -0.3 is 14.2 Å². The Balaban J connectivity index is 1.76. The fourth-order valence-electron chi connectivity index (χ4n) is 3.29. The minimum atomic E-state index is -0.486. The van der Waals surface area contributed by atoms with Crippen LogP contribution in [-0.4, -0.2) is 18.5 Å². The minimum Gasteiger partial charge on any atom is -0.462 e. The summed E-state index contributed by atoms with van der Waals surface area (Å²) in [5.74, 6) is 1.03. The molecule has 0 saturated heterocycles. The van der Waals surface area contributed by atoms with Crippen LogP contribution < -0.4 is 9.47 Å². The highest BCUT2D eigenvalue weighted by molar-refractivity contribution is 7.97. The first kappa shape index (κ1) is 21.0. The van der Waals surface area contributed by atoms with Crippen molar-refractivity contribution >= 4 is 22.8 Å². The molecule has 0 N–H and O–H groups in total. The van der Waals surface area contributed by atoms with E-state index in [2.05, 4.69) is 19.1 Å². The SMILES string of the molecule is CCCCOC(=O)c1ccc2c(c1)[S+](c1ccccc1)c1ccc(OC(C)=O)cc1O2. The van der Waals surface area contributed by atoms with E-state index in [4.69, 9.17) is 14.2 Å². The molecule has 1 atom stereocenters. The van der Waals surface area contributed by atoms with Crippen LogP contribution in [0.4, 0.5) is 0 Å².